The fraction of sp³-hybridized carbons (Fsp3) is 0.455. The molecule has 72 valence electrons. The van der Waals surface area contributed by atoms with E-state index in [1.165, 1.54) is 5.56 Å². The van der Waals surface area contributed by atoms with Gasteiger partial charge in [0.2, 0.25) is 0 Å². The second-order valence-electron chi connectivity index (χ2n) is 4.24. The molecule has 2 rings (SSSR count). The molecule has 0 aliphatic carbocycles. The van der Waals surface area contributed by atoms with Crippen molar-refractivity contribution in [1.29, 1.82) is 0 Å². The van der Waals surface area contributed by atoms with Crippen LogP contribution in [0, 0.1) is 5.41 Å². The van der Waals surface area contributed by atoms with E-state index in [0.29, 0.717) is 5.41 Å². The molecule has 1 aromatic carbocycles. The van der Waals surface area contributed by atoms with Crippen molar-refractivity contribution in [3.8, 4) is 5.75 Å². The molecule has 0 fully saturated rings. The number of benzene rings is 1. The van der Waals surface area contributed by atoms with Gasteiger partial charge >= 0.3 is 0 Å². The molecule has 0 amide bonds. The molecule has 2 heteroatoms. The smallest absolute Gasteiger partial charge is 0.122 e. The van der Waals surface area contributed by atoms with Crippen molar-refractivity contribution in [3.63, 3.8) is 0 Å². The molecule has 0 N–H and O–H groups in total. The Labute approximate surface area is 85.5 Å². The van der Waals surface area contributed by atoms with E-state index >= 15 is 0 Å². The van der Waals surface area contributed by atoms with Crippen LogP contribution in [0.15, 0.2) is 24.3 Å². The monoisotopic (exact) mass is 198 g/mol. The Hall–Kier alpha value is -0.690. The molecule has 0 radical (unpaired) electrons. The summed E-state index contributed by atoms with van der Waals surface area (Å²) in [5, 5.41) is 0. The van der Waals surface area contributed by atoms with Crippen LogP contribution in [-0.4, -0.2) is 6.61 Å². The first-order chi connectivity index (χ1) is 5.67. The molecule has 0 saturated carbocycles. The molecule has 1 heterocycles. The standard InChI is InChI=1S/C11H14O.ClH/c1-11(2)7-9-5-3-4-6-10(9)12-8-11;/h3-6H,7-8H2,1-2H3;1H. The fourth-order valence-corrected chi connectivity index (χ4v) is 1.63. The van der Waals surface area contributed by atoms with E-state index in [4.69, 9.17) is 4.74 Å². The largest absolute Gasteiger partial charge is 0.493 e. The zero-order chi connectivity index (χ0) is 8.60. The highest BCUT2D eigenvalue weighted by Gasteiger charge is 2.25. The van der Waals surface area contributed by atoms with Crippen molar-refractivity contribution in [3.05, 3.63) is 29.8 Å². The van der Waals surface area contributed by atoms with Crippen LogP contribution in [0.2, 0.25) is 0 Å². The van der Waals surface area contributed by atoms with E-state index in [1.807, 2.05) is 12.1 Å². The van der Waals surface area contributed by atoms with E-state index in [2.05, 4.69) is 26.0 Å². The summed E-state index contributed by atoms with van der Waals surface area (Å²) in [6.07, 6.45) is 1.13. The topological polar surface area (TPSA) is 9.23 Å². The number of para-hydroxylation sites is 1. The molecule has 1 aromatic rings. The molecule has 1 aliphatic heterocycles. The molecule has 0 atom stereocenters. The van der Waals surface area contributed by atoms with Crippen molar-refractivity contribution in [2.45, 2.75) is 20.3 Å². The number of rotatable bonds is 0. The van der Waals surface area contributed by atoms with Gasteiger partial charge in [-0.05, 0) is 18.1 Å². The summed E-state index contributed by atoms with van der Waals surface area (Å²) in [7, 11) is 0. The maximum absolute atomic E-state index is 5.64. The molecule has 1 nitrogen and oxygen atoms in total. The second-order valence-corrected chi connectivity index (χ2v) is 4.24. The normalized spacial score (nSPS) is 18.0. The van der Waals surface area contributed by atoms with Crippen LogP contribution in [0.5, 0.6) is 5.75 Å². The highest BCUT2D eigenvalue weighted by Crippen LogP contribution is 2.33. The van der Waals surface area contributed by atoms with Gasteiger partial charge in [0.1, 0.15) is 5.75 Å². The maximum atomic E-state index is 5.64. The lowest BCUT2D eigenvalue weighted by atomic mass is 9.84. The highest BCUT2D eigenvalue weighted by molar-refractivity contribution is 5.85. The Bertz CT molecular complexity index is 294. The lowest BCUT2D eigenvalue weighted by Gasteiger charge is -2.31. The number of halogens is 1. The Morgan fingerprint density at radius 1 is 1.23 bits per heavy atom. The summed E-state index contributed by atoms with van der Waals surface area (Å²) >= 11 is 0. The first-order valence-corrected chi connectivity index (χ1v) is 4.38. The summed E-state index contributed by atoms with van der Waals surface area (Å²) in [6.45, 7) is 5.32. The predicted octanol–water partition coefficient (Wildman–Crippen LogP) is 3.07. The first kappa shape index (κ1) is 10.4. The second kappa shape index (κ2) is 3.59. The average Bonchev–Trinajstić information content (AvgIpc) is 2.02. The van der Waals surface area contributed by atoms with Crippen LogP contribution in [0.1, 0.15) is 19.4 Å². The van der Waals surface area contributed by atoms with Crippen molar-refractivity contribution in [2.24, 2.45) is 5.41 Å². The summed E-state index contributed by atoms with van der Waals surface area (Å²) in [4.78, 5) is 0. The van der Waals surface area contributed by atoms with Crippen LogP contribution in [0.3, 0.4) is 0 Å². The van der Waals surface area contributed by atoms with Gasteiger partial charge in [-0.2, -0.15) is 0 Å². The highest BCUT2D eigenvalue weighted by atomic mass is 35.5. The quantitative estimate of drug-likeness (QED) is 0.623. The third-order valence-electron chi connectivity index (χ3n) is 2.26. The summed E-state index contributed by atoms with van der Waals surface area (Å²) in [6, 6.07) is 8.29. The van der Waals surface area contributed by atoms with Gasteiger partial charge in [-0.25, -0.2) is 0 Å². The predicted molar refractivity (Wildman–Crippen MR) is 56.7 cm³/mol. The molecular formula is C11H15ClO. The molecule has 0 unspecified atom stereocenters. The molecule has 0 aromatic heterocycles. The van der Waals surface area contributed by atoms with Gasteiger partial charge in [0.25, 0.3) is 0 Å². The van der Waals surface area contributed by atoms with Crippen molar-refractivity contribution in [1.82, 2.24) is 0 Å². The SMILES string of the molecule is CC1(C)COc2ccccc2C1.Cl. The van der Waals surface area contributed by atoms with Gasteiger partial charge in [0.05, 0.1) is 6.61 Å². The average molecular weight is 199 g/mol. The summed E-state index contributed by atoms with van der Waals surface area (Å²) in [5.74, 6) is 1.07. The van der Waals surface area contributed by atoms with Gasteiger partial charge in [-0.1, -0.05) is 32.0 Å². The van der Waals surface area contributed by atoms with E-state index in [-0.39, 0.29) is 12.4 Å². The summed E-state index contributed by atoms with van der Waals surface area (Å²) < 4.78 is 5.64. The Morgan fingerprint density at radius 2 is 1.92 bits per heavy atom. The maximum Gasteiger partial charge on any atom is 0.122 e. The van der Waals surface area contributed by atoms with Crippen molar-refractivity contribution < 1.29 is 4.74 Å². The Kier molecular flexibility index (Phi) is 2.87. The van der Waals surface area contributed by atoms with Gasteiger partial charge < -0.3 is 4.74 Å². The molecule has 0 bridgehead atoms. The molecule has 0 saturated heterocycles. The van der Waals surface area contributed by atoms with Gasteiger partial charge in [0.15, 0.2) is 0 Å². The van der Waals surface area contributed by atoms with E-state index in [0.717, 1.165) is 18.8 Å². The number of hydrogen-bond acceptors (Lipinski definition) is 1. The lowest BCUT2D eigenvalue weighted by molar-refractivity contribution is 0.155. The third-order valence-corrected chi connectivity index (χ3v) is 2.26. The van der Waals surface area contributed by atoms with Gasteiger partial charge in [-0.15, -0.1) is 12.4 Å². The van der Waals surface area contributed by atoms with Crippen LogP contribution in [0.25, 0.3) is 0 Å². The van der Waals surface area contributed by atoms with E-state index < -0.39 is 0 Å². The van der Waals surface area contributed by atoms with Crippen LogP contribution in [-0.2, 0) is 6.42 Å². The Morgan fingerprint density at radius 3 is 2.69 bits per heavy atom. The minimum absolute atomic E-state index is 0. The number of hydrogen-bond donors (Lipinski definition) is 0. The number of fused-ring (bicyclic) bond motifs is 1. The zero-order valence-electron chi connectivity index (χ0n) is 8.04. The molecule has 0 spiro atoms. The minimum Gasteiger partial charge on any atom is -0.493 e. The first-order valence-electron chi connectivity index (χ1n) is 4.38. The third kappa shape index (κ3) is 2.16. The van der Waals surface area contributed by atoms with Gasteiger partial charge in [0, 0.05) is 5.41 Å². The zero-order valence-corrected chi connectivity index (χ0v) is 8.86. The van der Waals surface area contributed by atoms with E-state index in [1.54, 1.807) is 0 Å². The fourth-order valence-electron chi connectivity index (χ4n) is 1.63. The van der Waals surface area contributed by atoms with E-state index in [9.17, 15) is 0 Å². The van der Waals surface area contributed by atoms with Crippen molar-refractivity contribution in [2.75, 3.05) is 6.61 Å². The molecular weight excluding hydrogens is 184 g/mol. The van der Waals surface area contributed by atoms with Crippen LogP contribution in [0.4, 0.5) is 0 Å². The van der Waals surface area contributed by atoms with Crippen LogP contribution < -0.4 is 4.74 Å². The van der Waals surface area contributed by atoms with Gasteiger partial charge in [-0.3, -0.25) is 0 Å². The minimum atomic E-state index is 0. The van der Waals surface area contributed by atoms with Crippen molar-refractivity contribution >= 4 is 12.4 Å². The summed E-state index contributed by atoms with van der Waals surface area (Å²) in [5.41, 5.74) is 1.64. The number of ether oxygens (including phenoxy) is 1. The lowest BCUT2D eigenvalue weighted by Crippen LogP contribution is -2.28. The molecule has 1 aliphatic rings. The van der Waals surface area contributed by atoms with Crippen LogP contribution >= 0.6 is 12.4 Å². The Balaban J connectivity index is 0.000000845. The molecule has 13 heavy (non-hydrogen) atoms.